The SMILES string of the molecule is N#Cc1ccccc1-c1cc(-c2ccccn2)cn(-c2cccc(OC3CCN(C(=O)Oc4ccccc4)CC3)c2)c1=O. The average Bonchev–Trinajstić information content (AvgIpc) is 3.06. The molecule has 1 aliphatic rings. The monoisotopic (exact) mass is 568 g/mol. The van der Waals surface area contributed by atoms with E-state index in [1.54, 1.807) is 58.3 Å². The van der Waals surface area contributed by atoms with E-state index in [4.69, 9.17) is 9.47 Å². The number of pyridine rings is 2. The van der Waals surface area contributed by atoms with Crippen molar-refractivity contribution < 1.29 is 14.3 Å². The first-order valence-corrected chi connectivity index (χ1v) is 14.1. The molecule has 2 aromatic heterocycles. The number of rotatable bonds is 6. The summed E-state index contributed by atoms with van der Waals surface area (Å²) < 4.78 is 13.4. The first-order chi connectivity index (χ1) is 21.1. The molecule has 1 amide bonds. The Morgan fingerprint density at radius 1 is 0.837 bits per heavy atom. The van der Waals surface area contributed by atoms with Crippen molar-refractivity contribution in [3.05, 3.63) is 131 Å². The van der Waals surface area contributed by atoms with Gasteiger partial charge in [0.05, 0.1) is 23.0 Å². The van der Waals surface area contributed by atoms with Gasteiger partial charge in [-0.25, -0.2) is 4.79 Å². The van der Waals surface area contributed by atoms with Crippen molar-refractivity contribution in [2.24, 2.45) is 0 Å². The number of carbonyl (C=O) groups excluding carboxylic acids is 1. The predicted molar refractivity (Wildman–Crippen MR) is 163 cm³/mol. The van der Waals surface area contributed by atoms with Gasteiger partial charge in [0.25, 0.3) is 5.56 Å². The molecule has 212 valence electrons. The molecule has 1 aliphatic heterocycles. The maximum absolute atomic E-state index is 13.9. The van der Waals surface area contributed by atoms with E-state index in [9.17, 15) is 14.9 Å². The molecule has 5 aromatic rings. The van der Waals surface area contributed by atoms with Crippen LogP contribution in [0.5, 0.6) is 11.5 Å². The zero-order valence-electron chi connectivity index (χ0n) is 23.3. The fourth-order valence-electron chi connectivity index (χ4n) is 5.17. The van der Waals surface area contributed by atoms with Crippen LogP contribution in [0, 0.1) is 11.3 Å². The van der Waals surface area contributed by atoms with E-state index in [1.165, 1.54) is 0 Å². The van der Waals surface area contributed by atoms with Crippen molar-refractivity contribution in [1.29, 1.82) is 5.26 Å². The molecule has 8 heteroatoms. The van der Waals surface area contributed by atoms with Crippen LogP contribution in [0.3, 0.4) is 0 Å². The third kappa shape index (κ3) is 6.16. The molecule has 0 spiro atoms. The number of hydrogen-bond donors (Lipinski definition) is 0. The third-order valence-electron chi connectivity index (χ3n) is 7.36. The van der Waals surface area contributed by atoms with Crippen LogP contribution in [-0.2, 0) is 0 Å². The van der Waals surface area contributed by atoms with Gasteiger partial charge in [0, 0.05) is 61.1 Å². The van der Waals surface area contributed by atoms with Crippen molar-refractivity contribution >= 4 is 6.09 Å². The molecule has 0 atom stereocenters. The number of nitriles is 1. The van der Waals surface area contributed by atoms with Gasteiger partial charge in [0.2, 0.25) is 0 Å². The second-order valence-corrected chi connectivity index (χ2v) is 10.2. The van der Waals surface area contributed by atoms with E-state index < -0.39 is 0 Å². The lowest BCUT2D eigenvalue weighted by molar-refractivity contribution is 0.0930. The second-order valence-electron chi connectivity index (χ2n) is 10.2. The van der Waals surface area contributed by atoms with Crippen molar-refractivity contribution in [3.8, 4) is 45.6 Å². The largest absolute Gasteiger partial charge is 0.490 e. The number of ether oxygens (including phenoxy) is 2. The van der Waals surface area contributed by atoms with Gasteiger partial charge in [-0.05, 0) is 48.5 Å². The maximum atomic E-state index is 13.9. The smallest absolute Gasteiger partial charge is 0.415 e. The number of aromatic nitrogens is 2. The summed E-state index contributed by atoms with van der Waals surface area (Å²) in [4.78, 5) is 32.6. The summed E-state index contributed by atoms with van der Waals surface area (Å²) in [6, 6.07) is 33.1. The summed E-state index contributed by atoms with van der Waals surface area (Å²) in [5, 5.41) is 9.73. The highest BCUT2D eigenvalue weighted by Gasteiger charge is 2.25. The lowest BCUT2D eigenvalue weighted by Crippen LogP contribution is -2.43. The number of hydrogen-bond acceptors (Lipinski definition) is 6. The van der Waals surface area contributed by atoms with Crippen LogP contribution < -0.4 is 15.0 Å². The highest BCUT2D eigenvalue weighted by atomic mass is 16.6. The predicted octanol–water partition coefficient (Wildman–Crippen LogP) is 6.48. The third-order valence-corrected chi connectivity index (χ3v) is 7.36. The van der Waals surface area contributed by atoms with Gasteiger partial charge in [-0.3, -0.25) is 14.3 Å². The summed E-state index contributed by atoms with van der Waals surface area (Å²) in [5.74, 6) is 1.14. The van der Waals surface area contributed by atoms with Gasteiger partial charge in [0.1, 0.15) is 17.6 Å². The van der Waals surface area contributed by atoms with E-state index in [2.05, 4.69) is 11.1 Å². The van der Waals surface area contributed by atoms with Crippen molar-refractivity contribution in [3.63, 3.8) is 0 Å². The van der Waals surface area contributed by atoms with Crippen LogP contribution in [0.4, 0.5) is 4.79 Å². The topological polar surface area (TPSA) is 97.5 Å². The second kappa shape index (κ2) is 12.5. The molecule has 6 rings (SSSR count). The maximum Gasteiger partial charge on any atom is 0.415 e. The molecular formula is C35H28N4O4. The van der Waals surface area contributed by atoms with Crippen LogP contribution in [0.25, 0.3) is 28.1 Å². The lowest BCUT2D eigenvalue weighted by Gasteiger charge is -2.31. The fraction of sp³-hybridized carbons (Fsp3) is 0.143. The Kier molecular flexibility index (Phi) is 7.96. The first kappa shape index (κ1) is 27.5. The quantitative estimate of drug-likeness (QED) is 0.233. The zero-order chi connectivity index (χ0) is 29.6. The molecule has 0 radical (unpaired) electrons. The van der Waals surface area contributed by atoms with Gasteiger partial charge < -0.3 is 14.4 Å². The van der Waals surface area contributed by atoms with E-state index in [0.717, 1.165) is 5.56 Å². The van der Waals surface area contributed by atoms with Gasteiger partial charge in [0.15, 0.2) is 0 Å². The molecule has 0 bridgehead atoms. The van der Waals surface area contributed by atoms with Crippen LogP contribution in [0.15, 0.2) is 120 Å². The normalized spacial score (nSPS) is 13.2. The van der Waals surface area contributed by atoms with Crippen LogP contribution in [0.2, 0.25) is 0 Å². The van der Waals surface area contributed by atoms with Gasteiger partial charge in [-0.2, -0.15) is 5.26 Å². The Bertz CT molecular complexity index is 1840. The van der Waals surface area contributed by atoms with Crippen molar-refractivity contribution in [2.45, 2.75) is 18.9 Å². The number of piperidine rings is 1. The lowest BCUT2D eigenvalue weighted by atomic mass is 9.99. The number of amides is 1. The minimum atomic E-state index is -0.368. The van der Waals surface area contributed by atoms with E-state index >= 15 is 0 Å². The highest BCUT2D eigenvalue weighted by Crippen LogP contribution is 2.28. The van der Waals surface area contributed by atoms with E-state index in [0.29, 0.717) is 65.5 Å². The number of benzene rings is 3. The Hall–Kier alpha value is -5.68. The average molecular weight is 569 g/mol. The molecule has 1 fully saturated rings. The Labute approximate surface area is 249 Å². The summed E-state index contributed by atoms with van der Waals surface area (Å²) in [6.45, 7) is 1.03. The Morgan fingerprint density at radius 3 is 2.35 bits per heavy atom. The standard InChI is InChI=1S/C35H28N4O4/c36-23-25-9-4-5-14-31(25)32-21-26(33-15-6-7-18-37-33)24-39(34(32)40)27-10-8-13-30(22-27)42-29-16-19-38(20-17-29)35(41)43-28-11-2-1-3-12-28/h1-15,18,21-22,24,29H,16-17,19-20H2. The summed E-state index contributed by atoms with van der Waals surface area (Å²) in [6.07, 6.45) is 4.31. The molecule has 0 unspecified atom stereocenters. The molecule has 1 saturated heterocycles. The summed E-state index contributed by atoms with van der Waals surface area (Å²) in [5.41, 5.74) is 3.19. The van der Waals surface area contributed by atoms with Gasteiger partial charge in [-0.15, -0.1) is 0 Å². The molecule has 8 nitrogen and oxygen atoms in total. The highest BCUT2D eigenvalue weighted by molar-refractivity contribution is 5.75. The van der Waals surface area contributed by atoms with Crippen LogP contribution in [0.1, 0.15) is 18.4 Å². The van der Waals surface area contributed by atoms with Gasteiger partial charge in [-0.1, -0.05) is 48.5 Å². The Morgan fingerprint density at radius 2 is 1.58 bits per heavy atom. The van der Waals surface area contributed by atoms with Crippen LogP contribution >= 0.6 is 0 Å². The zero-order valence-corrected chi connectivity index (χ0v) is 23.3. The van der Waals surface area contributed by atoms with E-state index in [1.807, 2.05) is 66.7 Å². The molecule has 43 heavy (non-hydrogen) atoms. The molecule has 0 saturated carbocycles. The minimum absolute atomic E-state index is 0.0920. The number of nitrogens with zero attached hydrogens (tertiary/aromatic N) is 4. The van der Waals surface area contributed by atoms with Crippen molar-refractivity contribution in [2.75, 3.05) is 13.1 Å². The molecule has 3 aromatic carbocycles. The van der Waals surface area contributed by atoms with E-state index in [-0.39, 0.29) is 17.8 Å². The molecule has 3 heterocycles. The number of carbonyl (C=O) groups is 1. The molecule has 0 aliphatic carbocycles. The Balaban J connectivity index is 1.25. The molecule has 0 N–H and O–H groups in total. The fourth-order valence-corrected chi connectivity index (χ4v) is 5.17. The number of para-hydroxylation sites is 1. The summed E-state index contributed by atoms with van der Waals surface area (Å²) >= 11 is 0. The number of likely N-dealkylation sites (tertiary alicyclic amines) is 1. The molecular weight excluding hydrogens is 540 g/mol. The minimum Gasteiger partial charge on any atom is -0.490 e. The van der Waals surface area contributed by atoms with Crippen molar-refractivity contribution in [1.82, 2.24) is 14.5 Å². The first-order valence-electron chi connectivity index (χ1n) is 14.1. The van der Waals surface area contributed by atoms with Crippen LogP contribution in [-0.4, -0.2) is 39.7 Å². The van der Waals surface area contributed by atoms with Gasteiger partial charge >= 0.3 is 6.09 Å². The summed E-state index contributed by atoms with van der Waals surface area (Å²) in [7, 11) is 0.